The monoisotopic (exact) mass is 387 g/mol. The molecule has 1 amide bonds. The van der Waals surface area contributed by atoms with Crippen LogP contribution in [-0.4, -0.2) is 15.5 Å². The number of imidazole rings is 1. The zero-order valence-corrected chi connectivity index (χ0v) is 14.8. The standard InChI is InChI=1S/C17H14BrN3OS/c1-21-11-10-19-17(21)23-13-8-6-12(7-9-13)20-16(22)14-4-2-3-5-15(14)18/h2-11H,1H3,(H,20,22). The second-order valence-electron chi connectivity index (χ2n) is 4.88. The third-order valence-corrected chi connectivity index (χ3v) is 4.99. The fraction of sp³-hybridized carbons (Fsp3) is 0.0588. The van der Waals surface area contributed by atoms with E-state index in [1.54, 1.807) is 24.0 Å². The fourth-order valence-corrected chi connectivity index (χ4v) is 3.27. The van der Waals surface area contributed by atoms with Crippen LogP contribution in [0.5, 0.6) is 0 Å². The van der Waals surface area contributed by atoms with Crippen LogP contribution in [0.4, 0.5) is 5.69 Å². The zero-order valence-electron chi connectivity index (χ0n) is 12.4. The second-order valence-corrected chi connectivity index (χ2v) is 6.78. The Kier molecular flexibility index (Phi) is 4.83. The Labute approximate surface area is 147 Å². The SMILES string of the molecule is Cn1ccnc1Sc1ccc(NC(=O)c2ccccc2Br)cc1. The second kappa shape index (κ2) is 7.02. The zero-order chi connectivity index (χ0) is 16.2. The number of anilines is 1. The van der Waals surface area contributed by atoms with Gasteiger partial charge in [0, 0.05) is 34.5 Å². The minimum absolute atomic E-state index is 0.137. The molecule has 0 bridgehead atoms. The average molecular weight is 388 g/mol. The van der Waals surface area contributed by atoms with E-state index in [-0.39, 0.29) is 5.91 Å². The van der Waals surface area contributed by atoms with E-state index < -0.39 is 0 Å². The Morgan fingerprint density at radius 3 is 2.57 bits per heavy atom. The normalized spacial score (nSPS) is 10.5. The minimum Gasteiger partial charge on any atom is -0.329 e. The first-order valence-corrected chi connectivity index (χ1v) is 8.55. The van der Waals surface area contributed by atoms with Crippen LogP contribution < -0.4 is 5.32 Å². The molecule has 3 aromatic rings. The van der Waals surface area contributed by atoms with Crippen LogP contribution in [-0.2, 0) is 7.05 Å². The van der Waals surface area contributed by atoms with Gasteiger partial charge in [0.1, 0.15) is 0 Å². The number of amides is 1. The number of aryl methyl sites for hydroxylation is 1. The first-order valence-electron chi connectivity index (χ1n) is 6.94. The number of benzene rings is 2. The molecule has 0 radical (unpaired) electrons. The Morgan fingerprint density at radius 2 is 1.91 bits per heavy atom. The summed E-state index contributed by atoms with van der Waals surface area (Å²) in [4.78, 5) is 17.6. The van der Waals surface area contributed by atoms with Crippen molar-refractivity contribution in [3.63, 3.8) is 0 Å². The largest absolute Gasteiger partial charge is 0.329 e. The Bertz CT molecular complexity index is 830. The van der Waals surface area contributed by atoms with Gasteiger partial charge in [0.05, 0.1) is 5.56 Å². The third-order valence-electron chi connectivity index (χ3n) is 3.22. The number of nitrogens with zero attached hydrogens (tertiary/aromatic N) is 2. The molecule has 0 saturated carbocycles. The van der Waals surface area contributed by atoms with Gasteiger partial charge in [-0.2, -0.15) is 0 Å². The lowest BCUT2D eigenvalue weighted by molar-refractivity contribution is 0.102. The van der Waals surface area contributed by atoms with Gasteiger partial charge in [0.25, 0.3) is 5.91 Å². The summed E-state index contributed by atoms with van der Waals surface area (Å²) in [6.45, 7) is 0. The maximum absolute atomic E-state index is 12.3. The molecule has 1 N–H and O–H groups in total. The summed E-state index contributed by atoms with van der Waals surface area (Å²) >= 11 is 4.97. The summed E-state index contributed by atoms with van der Waals surface area (Å²) in [6, 6.07) is 15.1. The summed E-state index contributed by atoms with van der Waals surface area (Å²) in [6.07, 6.45) is 3.68. The van der Waals surface area contributed by atoms with E-state index in [4.69, 9.17) is 0 Å². The fourth-order valence-electron chi connectivity index (χ4n) is 2.01. The number of rotatable bonds is 4. The maximum atomic E-state index is 12.3. The van der Waals surface area contributed by atoms with Crippen LogP contribution in [0, 0.1) is 0 Å². The molecule has 0 saturated heterocycles. The van der Waals surface area contributed by atoms with E-state index >= 15 is 0 Å². The van der Waals surface area contributed by atoms with Crippen LogP contribution in [0.25, 0.3) is 0 Å². The summed E-state index contributed by atoms with van der Waals surface area (Å²) in [7, 11) is 1.96. The molecule has 0 aliphatic rings. The lowest BCUT2D eigenvalue weighted by Crippen LogP contribution is -2.12. The predicted octanol–water partition coefficient (Wildman–Crippen LogP) is 4.59. The molecule has 23 heavy (non-hydrogen) atoms. The molecule has 1 heterocycles. The minimum atomic E-state index is -0.137. The first kappa shape index (κ1) is 15.8. The van der Waals surface area contributed by atoms with Crippen molar-refractivity contribution in [1.29, 1.82) is 0 Å². The van der Waals surface area contributed by atoms with Gasteiger partial charge >= 0.3 is 0 Å². The molecule has 3 rings (SSSR count). The average Bonchev–Trinajstić information content (AvgIpc) is 2.95. The number of hydrogen-bond donors (Lipinski definition) is 1. The number of hydrogen-bond acceptors (Lipinski definition) is 3. The molecule has 116 valence electrons. The van der Waals surface area contributed by atoms with Crippen molar-refractivity contribution in [2.45, 2.75) is 10.1 Å². The molecule has 0 spiro atoms. The summed E-state index contributed by atoms with van der Waals surface area (Å²) in [5.74, 6) is -0.137. The van der Waals surface area contributed by atoms with E-state index in [0.717, 1.165) is 20.2 Å². The molecule has 0 unspecified atom stereocenters. The van der Waals surface area contributed by atoms with Crippen molar-refractivity contribution >= 4 is 39.3 Å². The molecule has 0 aliphatic heterocycles. The van der Waals surface area contributed by atoms with Crippen LogP contribution >= 0.6 is 27.7 Å². The van der Waals surface area contributed by atoms with Crippen molar-refractivity contribution in [3.8, 4) is 0 Å². The topological polar surface area (TPSA) is 46.9 Å². The van der Waals surface area contributed by atoms with Crippen LogP contribution in [0.2, 0.25) is 0 Å². The molecular weight excluding hydrogens is 374 g/mol. The van der Waals surface area contributed by atoms with E-state index in [1.807, 2.05) is 60.3 Å². The summed E-state index contributed by atoms with van der Waals surface area (Å²) < 4.78 is 2.74. The number of aromatic nitrogens is 2. The predicted molar refractivity (Wildman–Crippen MR) is 95.9 cm³/mol. The Hall–Kier alpha value is -2.05. The molecule has 0 atom stereocenters. The van der Waals surface area contributed by atoms with Gasteiger partial charge < -0.3 is 9.88 Å². The highest BCUT2D eigenvalue weighted by Gasteiger charge is 2.09. The highest BCUT2D eigenvalue weighted by atomic mass is 79.9. The van der Waals surface area contributed by atoms with Crippen LogP contribution in [0.15, 0.2) is 75.4 Å². The van der Waals surface area contributed by atoms with Gasteiger partial charge in [0.15, 0.2) is 5.16 Å². The highest BCUT2D eigenvalue weighted by Crippen LogP contribution is 2.27. The first-order chi connectivity index (χ1) is 11.1. The van der Waals surface area contributed by atoms with Crippen molar-refractivity contribution in [2.75, 3.05) is 5.32 Å². The molecule has 0 aliphatic carbocycles. The smallest absolute Gasteiger partial charge is 0.256 e. The Morgan fingerprint density at radius 1 is 1.17 bits per heavy atom. The van der Waals surface area contributed by atoms with E-state index in [0.29, 0.717) is 5.56 Å². The molecule has 6 heteroatoms. The Balaban J connectivity index is 1.69. The lowest BCUT2D eigenvalue weighted by atomic mass is 10.2. The number of carbonyl (C=O) groups excluding carboxylic acids is 1. The van der Waals surface area contributed by atoms with Crippen molar-refractivity contribution < 1.29 is 4.79 Å². The van der Waals surface area contributed by atoms with E-state index in [9.17, 15) is 4.79 Å². The van der Waals surface area contributed by atoms with Crippen LogP contribution in [0.1, 0.15) is 10.4 Å². The maximum Gasteiger partial charge on any atom is 0.256 e. The number of carbonyl (C=O) groups is 1. The molecule has 0 fully saturated rings. The number of halogens is 1. The van der Waals surface area contributed by atoms with Gasteiger partial charge in [-0.3, -0.25) is 4.79 Å². The van der Waals surface area contributed by atoms with Gasteiger partial charge in [-0.1, -0.05) is 23.9 Å². The van der Waals surface area contributed by atoms with E-state index in [1.165, 1.54) is 0 Å². The molecular formula is C17H14BrN3OS. The highest BCUT2D eigenvalue weighted by molar-refractivity contribution is 9.10. The summed E-state index contributed by atoms with van der Waals surface area (Å²) in [5.41, 5.74) is 1.37. The van der Waals surface area contributed by atoms with Crippen molar-refractivity contribution in [1.82, 2.24) is 9.55 Å². The van der Waals surface area contributed by atoms with Gasteiger partial charge in [-0.15, -0.1) is 0 Å². The van der Waals surface area contributed by atoms with E-state index in [2.05, 4.69) is 26.2 Å². The molecule has 4 nitrogen and oxygen atoms in total. The summed E-state index contributed by atoms with van der Waals surface area (Å²) in [5, 5.41) is 3.82. The van der Waals surface area contributed by atoms with Gasteiger partial charge in [-0.25, -0.2) is 4.98 Å². The van der Waals surface area contributed by atoms with Crippen LogP contribution in [0.3, 0.4) is 0 Å². The quantitative estimate of drug-likeness (QED) is 0.712. The molecule has 1 aromatic heterocycles. The lowest BCUT2D eigenvalue weighted by Gasteiger charge is -2.08. The molecule has 2 aromatic carbocycles. The van der Waals surface area contributed by atoms with Gasteiger partial charge in [0.2, 0.25) is 0 Å². The third kappa shape index (κ3) is 3.83. The number of nitrogens with one attached hydrogen (secondary N) is 1. The van der Waals surface area contributed by atoms with Crippen molar-refractivity contribution in [2.24, 2.45) is 7.05 Å². The van der Waals surface area contributed by atoms with Gasteiger partial charge in [-0.05, 0) is 52.3 Å². The van der Waals surface area contributed by atoms with Crippen molar-refractivity contribution in [3.05, 3.63) is 71.0 Å².